The Bertz CT molecular complexity index is 4980. The summed E-state index contributed by atoms with van der Waals surface area (Å²) in [5.74, 6) is 0. The first-order chi connectivity index (χ1) is 65.8. The van der Waals surface area contributed by atoms with Gasteiger partial charge in [-0.05, 0) is 308 Å². The summed E-state index contributed by atoms with van der Waals surface area (Å²) < 4.78 is 0. The van der Waals surface area contributed by atoms with E-state index in [0.717, 1.165) is 51.4 Å². The number of rotatable bonds is 71. The molecule has 0 unspecified atom stereocenters. The summed E-state index contributed by atoms with van der Waals surface area (Å²) in [5, 5.41) is 0. The lowest BCUT2D eigenvalue weighted by molar-refractivity contribution is 0.666. The van der Waals surface area contributed by atoms with Crippen molar-refractivity contribution in [2.24, 2.45) is 0 Å². The Kier molecular flexibility index (Phi) is 49.0. The van der Waals surface area contributed by atoms with Crippen LogP contribution in [0.4, 0.5) is 0 Å². The monoisotopic (exact) mass is 2020 g/mol. The van der Waals surface area contributed by atoms with E-state index in [1.54, 1.807) is 125 Å². The Balaban J connectivity index is 0.962. The van der Waals surface area contributed by atoms with Gasteiger partial charge in [-0.1, -0.05) is 314 Å². The van der Waals surface area contributed by atoms with Crippen molar-refractivity contribution in [1.29, 1.82) is 0 Å². The molecule has 12 rings (SSSR count). The summed E-state index contributed by atoms with van der Waals surface area (Å²) >= 11 is 25.9. The number of aryl methyl sites for hydroxylation is 14. The fourth-order valence-electron chi connectivity index (χ4n) is 20.1. The zero-order valence-corrected chi connectivity index (χ0v) is 96.1. The molecule has 12 aromatic rings. The van der Waals surface area contributed by atoms with Gasteiger partial charge in [-0.15, -0.1) is 136 Å². The predicted molar refractivity (Wildman–Crippen MR) is 624 cm³/mol. The van der Waals surface area contributed by atoms with E-state index < -0.39 is 0 Å². The van der Waals surface area contributed by atoms with Crippen molar-refractivity contribution in [2.45, 2.75) is 482 Å². The Labute approximate surface area is 866 Å². The Hall–Kier alpha value is -3.60. The first kappa shape index (κ1) is 109. The molecule has 0 nitrogen and oxygen atoms in total. The second kappa shape index (κ2) is 60.1. The van der Waals surface area contributed by atoms with Crippen LogP contribution >= 0.6 is 136 Å². The summed E-state index contributed by atoms with van der Waals surface area (Å²) in [4.78, 5) is 37.0. The van der Waals surface area contributed by atoms with E-state index in [2.05, 4.69) is 306 Å². The lowest BCUT2D eigenvalue weighted by Gasteiger charge is -2.06. The summed E-state index contributed by atoms with van der Waals surface area (Å²) in [6.07, 6.45) is 76.1. The molecule has 0 atom stereocenters. The van der Waals surface area contributed by atoms with E-state index in [1.165, 1.54) is 392 Å². The summed E-state index contributed by atoms with van der Waals surface area (Å²) in [5.41, 5.74) is 19.3. The van der Waals surface area contributed by atoms with Crippen molar-refractivity contribution in [3.05, 3.63) is 149 Å². The first-order valence-corrected chi connectivity index (χ1v) is 65.1. The molecule has 0 spiro atoms. The third-order valence-electron chi connectivity index (χ3n) is 28.0. The number of thiophene rings is 12. The van der Waals surface area contributed by atoms with Crippen LogP contribution in [0.3, 0.4) is 0 Å². The predicted octanol–water partition coefficient (Wildman–Crippen LogP) is 46.9. The Morgan fingerprint density at radius 2 is 0.216 bits per heavy atom. The average Bonchev–Trinajstić information content (AvgIpc) is 1.61. The van der Waals surface area contributed by atoms with Crippen molar-refractivity contribution in [3.63, 3.8) is 0 Å². The van der Waals surface area contributed by atoms with Gasteiger partial charge in [0.15, 0.2) is 0 Å². The molecule has 12 heterocycles. The standard InChI is InChI=1S/C122H174S12/c1-15-27-39-51-63-89-75-87(13)123-111(89)113-91(65-53-41-29-17-3)77-101(125-113)103-79-93(67-55-43-31-19-5)115(127-103)117-95(69-57-45-33-21-7)81-105(129-117)107-83-97(71-59-47-35-23-9)119(131-107)121-99(73-61-49-37-25-11)85-109(133-121)110-86-100(74-62-50-38-26-12)122(134-110)120-98(72-60-48-36-24-10)84-108(132-120)106-82-96(70-58-46-34-22-8)118(130-106)116-94(68-56-44-32-20-6)80-104(128-116)102-78-92(66-54-42-30-18-4)114(126-102)112-90(76-88(14)124-112)64-52-40-28-16-2/h75-86H,15-74H2,1-14H3. The van der Waals surface area contributed by atoms with E-state index in [1.807, 2.05) is 0 Å². The highest BCUT2D eigenvalue weighted by Crippen LogP contribution is 2.58. The SMILES string of the molecule is CCCCCCc1cc(C)sc1-c1sc(-c2cc(CCCCCC)c(-c3sc(-c4cc(CCCCCC)c(-c5sc(-c6cc(CCCCCC)c(-c7sc(-c8cc(CCCCCC)c(-c9sc(-c%10cc(CCCCCC)c(-c%11sc(C)cc%11CCCCCC)s%10)cc9CCCCCC)s8)cc7CCCCCC)s6)cc5CCCCCC)s4)cc3CCCCCC)s2)cc1CCCCCC. The third kappa shape index (κ3) is 31.7. The van der Waals surface area contributed by atoms with E-state index in [-0.39, 0.29) is 0 Å². The van der Waals surface area contributed by atoms with Crippen LogP contribution in [-0.2, 0) is 77.0 Å². The minimum atomic E-state index is 1.15. The van der Waals surface area contributed by atoms with Crippen LogP contribution in [0.25, 0.3) is 107 Å². The molecule has 0 aliphatic rings. The lowest BCUT2D eigenvalue weighted by atomic mass is 10.0. The molecule has 134 heavy (non-hydrogen) atoms. The molecule has 12 aromatic heterocycles. The van der Waals surface area contributed by atoms with Crippen LogP contribution in [0.1, 0.15) is 468 Å². The van der Waals surface area contributed by atoms with Crippen molar-refractivity contribution in [2.75, 3.05) is 0 Å². The second-order valence-electron chi connectivity index (χ2n) is 39.8. The van der Waals surface area contributed by atoms with Gasteiger partial charge in [-0.2, -0.15) is 0 Å². The molecule has 0 saturated carbocycles. The largest absolute Gasteiger partial charge is 0.139 e. The van der Waals surface area contributed by atoms with Crippen molar-refractivity contribution in [1.82, 2.24) is 0 Å². The Morgan fingerprint density at radius 1 is 0.119 bits per heavy atom. The number of hydrogen-bond donors (Lipinski definition) is 0. The number of unbranched alkanes of at least 4 members (excludes halogenated alkanes) is 36. The first-order valence-electron chi connectivity index (χ1n) is 55.3. The highest BCUT2D eigenvalue weighted by atomic mass is 32.1. The molecule has 0 radical (unpaired) electrons. The maximum Gasteiger partial charge on any atom is 0.0484 e. The smallest absolute Gasteiger partial charge is 0.0484 e. The molecule has 0 aliphatic carbocycles. The van der Waals surface area contributed by atoms with E-state index >= 15 is 0 Å². The molecule has 0 fully saturated rings. The maximum atomic E-state index is 2.76. The quantitative estimate of drug-likeness (QED) is 0.0333. The van der Waals surface area contributed by atoms with Crippen molar-refractivity contribution < 1.29 is 0 Å². The van der Waals surface area contributed by atoms with Crippen LogP contribution < -0.4 is 0 Å². The molecule has 0 aromatic carbocycles. The van der Waals surface area contributed by atoms with E-state index in [9.17, 15) is 0 Å². The summed E-state index contributed by atoms with van der Waals surface area (Å²) in [6.45, 7) is 33.3. The molecule has 0 amide bonds. The zero-order chi connectivity index (χ0) is 94.2. The molecule has 0 saturated heterocycles. The fourth-order valence-corrected chi connectivity index (χ4v) is 35.9. The summed E-state index contributed by atoms with van der Waals surface area (Å²) in [7, 11) is 0. The summed E-state index contributed by atoms with van der Waals surface area (Å²) in [6, 6.07) is 32.4. The fraction of sp³-hybridized carbons (Fsp3) is 0.607. The van der Waals surface area contributed by atoms with Crippen molar-refractivity contribution in [3.8, 4) is 107 Å². The van der Waals surface area contributed by atoms with E-state index in [4.69, 9.17) is 0 Å². The molecule has 0 aliphatic heterocycles. The highest BCUT2D eigenvalue weighted by Gasteiger charge is 2.30. The minimum absolute atomic E-state index is 1.15. The van der Waals surface area contributed by atoms with Crippen LogP contribution in [0.2, 0.25) is 0 Å². The van der Waals surface area contributed by atoms with Gasteiger partial charge in [0.05, 0.1) is 0 Å². The lowest BCUT2D eigenvalue weighted by Crippen LogP contribution is -1.89. The number of hydrogen-bond acceptors (Lipinski definition) is 12. The van der Waals surface area contributed by atoms with Crippen LogP contribution in [0.15, 0.2) is 72.8 Å². The molecule has 0 N–H and O–H groups in total. The normalized spacial score (nSPS) is 12.0. The Morgan fingerprint density at radius 3 is 0.321 bits per heavy atom. The van der Waals surface area contributed by atoms with Crippen LogP contribution in [-0.4, -0.2) is 0 Å². The molecule has 734 valence electrons. The van der Waals surface area contributed by atoms with Crippen molar-refractivity contribution >= 4 is 136 Å². The molecule has 12 heteroatoms. The van der Waals surface area contributed by atoms with Crippen LogP contribution in [0.5, 0.6) is 0 Å². The maximum absolute atomic E-state index is 2.76. The van der Waals surface area contributed by atoms with Gasteiger partial charge in [-0.25, -0.2) is 0 Å². The van der Waals surface area contributed by atoms with Gasteiger partial charge in [0, 0.05) is 117 Å². The van der Waals surface area contributed by atoms with E-state index in [0.29, 0.717) is 0 Å². The van der Waals surface area contributed by atoms with Crippen LogP contribution in [0, 0.1) is 13.8 Å². The van der Waals surface area contributed by atoms with Gasteiger partial charge in [-0.3, -0.25) is 0 Å². The molecular formula is C122H174S12. The topological polar surface area (TPSA) is 0 Å². The van der Waals surface area contributed by atoms with Gasteiger partial charge >= 0.3 is 0 Å². The minimum Gasteiger partial charge on any atom is -0.139 e. The second-order valence-corrected chi connectivity index (χ2v) is 52.8. The zero-order valence-electron chi connectivity index (χ0n) is 86.3. The molecule has 0 bridgehead atoms. The van der Waals surface area contributed by atoms with Gasteiger partial charge in [0.2, 0.25) is 0 Å². The highest BCUT2D eigenvalue weighted by molar-refractivity contribution is 7.33. The van der Waals surface area contributed by atoms with Gasteiger partial charge in [0.25, 0.3) is 0 Å². The third-order valence-corrected chi connectivity index (χ3v) is 43.9. The average molecular weight is 2030 g/mol. The molecular weight excluding hydrogens is 1850 g/mol. The van der Waals surface area contributed by atoms with Gasteiger partial charge < -0.3 is 0 Å². The van der Waals surface area contributed by atoms with Gasteiger partial charge in [0.1, 0.15) is 0 Å².